The number of anilines is 1. The Morgan fingerprint density at radius 3 is 2.20 bits per heavy atom. The van der Waals surface area contributed by atoms with Crippen LogP contribution in [0.4, 0.5) is 5.69 Å². The Labute approximate surface area is 174 Å². The van der Waals surface area contributed by atoms with Gasteiger partial charge in [-0.15, -0.1) is 0 Å². The molecule has 9 nitrogen and oxygen atoms in total. The molecular weight excluding hydrogens is 390 g/mol. The highest BCUT2D eigenvalue weighted by molar-refractivity contribution is 6.06. The van der Waals surface area contributed by atoms with Gasteiger partial charge >= 0.3 is 17.5 Å². The summed E-state index contributed by atoms with van der Waals surface area (Å²) in [5.41, 5.74) is 0.514. The maximum absolute atomic E-state index is 13.2. The fourth-order valence-corrected chi connectivity index (χ4v) is 2.71. The van der Waals surface area contributed by atoms with E-state index in [1.165, 1.54) is 26.2 Å². The van der Waals surface area contributed by atoms with Gasteiger partial charge in [-0.2, -0.15) is 0 Å². The average molecular weight is 414 g/mol. The van der Waals surface area contributed by atoms with Gasteiger partial charge in [0.25, 0.3) is 0 Å². The molecular formula is C21H24N3O6+. The number of ether oxygens (including phenoxy) is 4. The van der Waals surface area contributed by atoms with Crippen LogP contribution in [0.5, 0.6) is 17.2 Å². The first kappa shape index (κ1) is 22.4. The predicted molar refractivity (Wildman–Crippen MR) is 110 cm³/mol. The third-order valence-corrected chi connectivity index (χ3v) is 4.24. The van der Waals surface area contributed by atoms with Crippen molar-refractivity contribution in [3.05, 3.63) is 64.6 Å². The number of carbonyl (C=O) groups is 1. The van der Waals surface area contributed by atoms with Gasteiger partial charge in [-0.3, -0.25) is 9.69 Å². The number of benzene rings is 2. The van der Waals surface area contributed by atoms with Gasteiger partial charge in [-0.1, -0.05) is 0 Å². The molecule has 0 atom stereocenters. The minimum absolute atomic E-state index is 0.0523. The summed E-state index contributed by atoms with van der Waals surface area (Å²) in [7, 11) is 4.58. The molecule has 0 saturated carbocycles. The van der Waals surface area contributed by atoms with Crippen molar-refractivity contribution >= 4 is 11.6 Å². The highest BCUT2D eigenvalue weighted by atomic mass is 16.6. The van der Waals surface area contributed by atoms with Gasteiger partial charge in [0, 0.05) is 17.3 Å². The van der Waals surface area contributed by atoms with Crippen LogP contribution in [0.25, 0.3) is 4.98 Å². The van der Waals surface area contributed by atoms with Gasteiger partial charge in [-0.05, 0) is 43.3 Å². The van der Waals surface area contributed by atoms with Gasteiger partial charge in [0.1, 0.15) is 17.2 Å². The van der Waals surface area contributed by atoms with Crippen molar-refractivity contribution in [2.45, 2.75) is 13.5 Å². The molecule has 0 spiro atoms. The largest absolute Gasteiger partial charge is 0.527 e. The molecule has 9 heteroatoms. The topological polar surface area (TPSA) is 106 Å². The highest BCUT2D eigenvalue weighted by Crippen LogP contribution is 2.29. The van der Waals surface area contributed by atoms with Crippen molar-refractivity contribution in [2.75, 3.05) is 32.8 Å². The van der Waals surface area contributed by atoms with Crippen molar-refractivity contribution in [1.29, 1.82) is 5.39 Å². The second-order valence-corrected chi connectivity index (χ2v) is 5.95. The molecule has 0 unspecified atom stereocenters. The molecule has 0 radical (unpaired) electrons. The van der Waals surface area contributed by atoms with Crippen LogP contribution in [0.1, 0.15) is 12.5 Å². The van der Waals surface area contributed by atoms with E-state index in [2.05, 4.69) is 4.98 Å². The summed E-state index contributed by atoms with van der Waals surface area (Å²) < 4.78 is 20.7. The number of carbonyl (C=O) groups excluding carboxylic acids is 1. The zero-order valence-corrected chi connectivity index (χ0v) is 17.3. The smallest absolute Gasteiger partial charge is 0.497 e. The fraction of sp³-hybridized carbons (Fsp3) is 0.286. The number of methoxy groups -OCH3 is 3. The number of amides is 1. The Hall–Kier alpha value is -3.93. The van der Waals surface area contributed by atoms with E-state index in [0.717, 1.165) is 0 Å². The second kappa shape index (κ2) is 10.6. The lowest BCUT2D eigenvalue weighted by Crippen LogP contribution is -2.32. The molecule has 0 aliphatic rings. The standard InChI is InChI=1S/C21H23N3O6/c1-5-30-21(26)19(23-22)20(25)24(15-7-10-16(27-2)11-8-15)13-14-6-9-17(28-3)12-18(14)29-4/h6-12H,5,13H2,1-4H3/p+1. The van der Waals surface area contributed by atoms with Crippen LogP contribution in [0.15, 0.2) is 54.1 Å². The van der Waals surface area contributed by atoms with E-state index < -0.39 is 17.5 Å². The van der Waals surface area contributed by atoms with Crippen LogP contribution >= 0.6 is 0 Å². The van der Waals surface area contributed by atoms with E-state index in [-0.39, 0.29) is 13.2 Å². The maximum Gasteiger partial charge on any atom is 0.527 e. The molecule has 1 N–H and O–H groups in total. The zero-order chi connectivity index (χ0) is 22.1. The Balaban J connectivity index is 2.52. The Morgan fingerprint density at radius 2 is 1.67 bits per heavy atom. The van der Waals surface area contributed by atoms with E-state index in [1.807, 2.05) is 0 Å². The maximum atomic E-state index is 13.2. The third-order valence-electron chi connectivity index (χ3n) is 4.24. The van der Waals surface area contributed by atoms with Crippen LogP contribution in [-0.2, 0) is 16.1 Å². The summed E-state index contributed by atoms with van der Waals surface area (Å²) in [4.78, 5) is 17.4. The molecule has 2 aromatic carbocycles. The summed E-state index contributed by atoms with van der Waals surface area (Å²) in [5.74, 6) is 0.156. The van der Waals surface area contributed by atoms with Crippen molar-refractivity contribution < 1.29 is 28.8 Å². The molecule has 0 aliphatic carbocycles. The number of diazo groups is 1. The summed E-state index contributed by atoms with van der Waals surface area (Å²) in [6.45, 7) is 1.77. The van der Waals surface area contributed by atoms with Gasteiger partial charge < -0.3 is 24.1 Å². The lowest BCUT2D eigenvalue weighted by Gasteiger charge is -2.22. The second-order valence-electron chi connectivity index (χ2n) is 5.95. The number of aliphatic hydroxyl groups is 1. The zero-order valence-electron chi connectivity index (χ0n) is 17.3. The average Bonchev–Trinajstić information content (AvgIpc) is 2.78. The van der Waals surface area contributed by atoms with Crippen molar-refractivity contribution in [1.82, 2.24) is 0 Å². The summed E-state index contributed by atoms with van der Waals surface area (Å²) in [5, 5.41) is 19.3. The van der Waals surface area contributed by atoms with Crippen LogP contribution < -0.4 is 19.1 Å². The van der Waals surface area contributed by atoms with Crippen LogP contribution in [0, 0.1) is 5.39 Å². The van der Waals surface area contributed by atoms with E-state index in [1.54, 1.807) is 49.4 Å². The normalized spacial score (nSPS) is 11.0. The molecule has 30 heavy (non-hydrogen) atoms. The molecule has 0 fully saturated rings. The monoisotopic (exact) mass is 414 g/mol. The summed E-state index contributed by atoms with van der Waals surface area (Å²) in [6.07, 6.45) is 0. The first-order valence-corrected chi connectivity index (χ1v) is 9.06. The molecule has 0 saturated heterocycles. The van der Waals surface area contributed by atoms with Gasteiger partial charge in [0.15, 0.2) is 4.98 Å². The van der Waals surface area contributed by atoms with Crippen LogP contribution in [-0.4, -0.2) is 38.9 Å². The molecule has 0 aliphatic heterocycles. The minimum atomic E-state index is -0.773. The Bertz CT molecular complexity index is 950. The van der Waals surface area contributed by atoms with Gasteiger partial charge in [-0.25, -0.2) is 0 Å². The number of nitrogens with zero attached hydrogens (tertiary/aromatic N) is 3. The van der Waals surface area contributed by atoms with Gasteiger partial charge in [0.05, 0.1) is 34.5 Å². The summed E-state index contributed by atoms with van der Waals surface area (Å²) in [6, 6.07) is 11.9. The van der Waals surface area contributed by atoms with Crippen LogP contribution in [0.3, 0.4) is 0 Å². The van der Waals surface area contributed by atoms with E-state index in [9.17, 15) is 15.3 Å². The number of rotatable bonds is 9. The first-order chi connectivity index (χ1) is 14.5. The molecule has 0 heterocycles. The van der Waals surface area contributed by atoms with E-state index >= 15 is 0 Å². The molecule has 158 valence electrons. The first-order valence-electron chi connectivity index (χ1n) is 9.06. The van der Waals surface area contributed by atoms with Gasteiger partial charge in [0.2, 0.25) is 5.39 Å². The third kappa shape index (κ3) is 5.11. The number of aliphatic hydroxyl groups excluding tert-OH is 1. The van der Waals surface area contributed by atoms with E-state index in [4.69, 9.17) is 18.9 Å². The van der Waals surface area contributed by atoms with Crippen molar-refractivity contribution in [3.63, 3.8) is 0 Å². The lowest BCUT2D eigenvalue weighted by molar-refractivity contribution is -0.115. The van der Waals surface area contributed by atoms with Crippen molar-refractivity contribution in [2.24, 2.45) is 0 Å². The summed E-state index contributed by atoms with van der Waals surface area (Å²) >= 11 is 0. The molecule has 1 amide bonds. The lowest BCUT2D eigenvalue weighted by atomic mass is 10.1. The molecule has 0 bridgehead atoms. The van der Waals surface area contributed by atoms with Crippen molar-refractivity contribution in [3.8, 4) is 17.2 Å². The SMILES string of the molecule is CCO/C(O)=C(/[N+]#N)C(=O)N(Cc1ccc(OC)cc1OC)c1ccc(OC)cc1. The highest BCUT2D eigenvalue weighted by Gasteiger charge is 2.36. The predicted octanol–water partition coefficient (Wildman–Crippen LogP) is 3.86. The van der Waals surface area contributed by atoms with E-state index in [0.29, 0.717) is 28.5 Å². The number of hydrogen-bond donors (Lipinski definition) is 1. The molecule has 2 rings (SSSR count). The number of hydrogen-bond acceptors (Lipinski definition) is 7. The Morgan fingerprint density at radius 1 is 1.03 bits per heavy atom. The fourth-order valence-electron chi connectivity index (χ4n) is 2.71. The van der Waals surface area contributed by atoms with Crippen LogP contribution in [0.2, 0.25) is 0 Å². The Kier molecular flexibility index (Phi) is 7.88. The molecule has 0 aromatic heterocycles. The quantitative estimate of drug-likeness (QED) is 0.377. The molecule has 2 aromatic rings. The minimum Gasteiger partial charge on any atom is -0.497 e.